The number of hydrogen-bond donors (Lipinski definition) is 4. The topological polar surface area (TPSA) is 78.5 Å². The third-order valence-corrected chi connectivity index (χ3v) is 2.63. The smallest absolute Gasteiger partial charge is 0.329 e. The first-order chi connectivity index (χ1) is 5.06. The van der Waals surface area contributed by atoms with E-state index >= 15 is 0 Å². The summed E-state index contributed by atoms with van der Waals surface area (Å²) in [7, 11) is -2.79. The highest BCUT2D eigenvalue weighted by molar-refractivity contribution is 6.63. The molecular weight excluding hydrogens is 160 g/mol. The molecule has 11 heavy (non-hydrogen) atoms. The highest BCUT2D eigenvalue weighted by Gasteiger charge is 2.19. The van der Waals surface area contributed by atoms with Gasteiger partial charge in [0.1, 0.15) is 0 Å². The molecule has 0 aromatic heterocycles. The first-order valence-electron chi connectivity index (χ1n) is 3.92. The maximum absolute atomic E-state index is 9.02. The van der Waals surface area contributed by atoms with Crippen LogP contribution in [0.2, 0.25) is 12.6 Å². The van der Waals surface area contributed by atoms with E-state index in [0.29, 0.717) is 12.6 Å². The predicted octanol–water partition coefficient (Wildman–Crippen LogP) is -1.02. The monoisotopic (exact) mass is 178 g/mol. The third-order valence-electron chi connectivity index (χ3n) is 1.33. The molecule has 0 bridgehead atoms. The summed E-state index contributed by atoms with van der Waals surface area (Å²) in [5, 5.41) is 3.08. The largest absolute Gasteiger partial charge is 0.411 e. The zero-order chi connectivity index (χ0) is 8.74. The van der Waals surface area contributed by atoms with Crippen LogP contribution in [0.4, 0.5) is 0 Å². The van der Waals surface area contributed by atoms with E-state index in [1.807, 2.05) is 0 Å². The van der Waals surface area contributed by atoms with Gasteiger partial charge >= 0.3 is 8.56 Å². The molecule has 0 saturated heterocycles. The molecule has 0 atom stereocenters. The summed E-state index contributed by atoms with van der Waals surface area (Å²) >= 11 is 0. The van der Waals surface area contributed by atoms with Crippen molar-refractivity contribution < 1.29 is 9.59 Å². The van der Waals surface area contributed by atoms with Gasteiger partial charge in [0.15, 0.2) is 0 Å². The van der Waals surface area contributed by atoms with Crippen molar-refractivity contribution in [1.82, 2.24) is 5.32 Å². The van der Waals surface area contributed by atoms with E-state index in [0.717, 1.165) is 19.5 Å². The quantitative estimate of drug-likeness (QED) is 0.310. The lowest BCUT2D eigenvalue weighted by Crippen LogP contribution is -2.31. The molecule has 0 aromatic rings. The van der Waals surface area contributed by atoms with Crippen molar-refractivity contribution in [3.63, 3.8) is 0 Å². The fourth-order valence-corrected chi connectivity index (χ4v) is 1.62. The Morgan fingerprint density at radius 1 is 1.36 bits per heavy atom. The highest BCUT2D eigenvalue weighted by Crippen LogP contribution is 2.02. The zero-order valence-corrected chi connectivity index (χ0v) is 8.01. The van der Waals surface area contributed by atoms with Gasteiger partial charge in [0.2, 0.25) is 0 Å². The fraction of sp³-hybridized carbons (Fsp3) is 1.00. The minimum atomic E-state index is -2.79. The SMILES string of the molecule is C[Si](O)(O)CCCNCCN. The van der Waals surface area contributed by atoms with Crippen molar-refractivity contribution in [3.8, 4) is 0 Å². The van der Waals surface area contributed by atoms with Crippen molar-refractivity contribution in [3.05, 3.63) is 0 Å². The summed E-state index contributed by atoms with van der Waals surface area (Å²) < 4.78 is 0. The molecule has 0 radical (unpaired) electrons. The third kappa shape index (κ3) is 10.1. The fourth-order valence-electron chi connectivity index (χ4n) is 0.775. The van der Waals surface area contributed by atoms with Crippen molar-refractivity contribution in [2.75, 3.05) is 19.6 Å². The van der Waals surface area contributed by atoms with Crippen molar-refractivity contribution >= 4 is 8.56 Å². The molecule has 68 valence electrons. The minimum absolute atomic E-state index is 0.532. The molecule has 5 heteroatoms. The second kappa shape index (κ2) is 5.67. The summed E-state index contributed by atoms with van der Waals surface area (Å²) in [6, 6.07) is 0.532. The summed E-state index contributed by atoms with van der Waals surface area (Å²) in [5.41, 5.74) is 5.24. The molecule has 0 rings (SSSR count). The number of nitrogens with two attached hydrogens (primary N) is 1. The van der Waals surface area contributed by atoms with Crippen LogP contribution >= 0.6 is 0 Å². The summed E-state index contributed by atoms with van der Waals surface area (Å²) in [6.45, 7) is 3.78. The molecule has 0 aliphatic carbocycles. The van der Waals surface area contributed by atoms with Gasteiger partial charge in [0, 0.05) is 13.1 Å². The van der Waals surface area contributed by atoms with Crippen molar-refractivity contribution in [2.24, 2.45) is 5.73 Å². The molecule has 0 amide bonds. The van der Waals surface area contributed by atoms with E-state index in [4.69, 9.17) is 15.3 Å². The van der Waals surface area contributed by atoms with Gasteiger partial charge in [-0.1, -0.05) is 0 Å². The van der Waals surface area contributed by atoms with Gasteiger partial charge in [0.05, 0.1) is 0 Å². The molecule has 0 aliphatic heterocycles. The lowest BCUT2D eigenvalue weighted by Gasteiger charge is -2.10. The Balaban J connectivity index is 3.02. The number of nitrogens with one attached hydrogen (secondary N) is 1. The van der Waals surface area contributed by atoms with Gasteiger partial charge in [-0.2, -0.15) is 0 Å². The lowest BCUT2D eigenvalue weighted by molar-refractivity contribution is 0.367. The second-order valence-electron chi connectivity index (χ2n) is 2.86. The summed E-state index contributed by atoms with van der Waals surface area (Å²) in [6.07, 6.45) is 0.815. The van der Waals surface area contributed by atoms with Crippen molar-refractivity contribution in [1.29, 1.82) is 0 Å². The molecule has 5 N–H and O–H groups in total. The van der Waals surface area contributed by atoms with Crippen LogP contribution in [-0.2, 0) is 0 Å². The molecule has 0 aromatic carbocycles. The van der Waals surface area contributed by atoms with Gasteiger partial charge in [-0.25, -0.2) is 0 Å². The molecule has 0 heterocycles. The average molecular weight is 178 g/mol. The molecular formula is C6H18N2O2Si. The van der Waals surface area contributed by atoms with Crippen LogP contribution in [0.5, 0.6) is 0 Å². The summed E-state index contributed by atoms with van der Waals surface area (Å²) in [5.74, 6) is 0. The molecule has 0 unspecified atom stereocenters. The first-order valence-corrected chi connectivity index (χ1v) is 6.52. The molecule has 4 nitrogen and oxygen atoms in total. The van der Waals surface area contributed by atoms with Gasteiger partial charge in [-0.3, -0.25) is 0 Å². The van der Waals surface area contributed by atoms with Crippen LogP contribution in [0.3, 0.4) is 0 Å². The Bertz CT molecular complexity index is 95.1. The standard InChI is InChI=1S/C6H18N2O2Si/c1-11(9,10)6-2-4-8-5-3-7/h8-10H,2-7H2,1H3. The highest BCUT2D eigenvalue weighted by atomic mass is 28.4. The van der Waals surface area contributed by atoms with Crippen molar-refractivity contribution in [2.45, 2.75) is 19.0 Å². The zero-order valence-electron chi connectivity index (χ0n) is 7.01. The van der Waals surface area contributed by atoms with E-state index in [1.54, 1.807) is 0 Å². The predicted molar refractivity (Wildman–Crippen MR) is 47.4 cm³/mol. The Labute approximate surface area is 68.7 Å². The van der Waals surface area contributed by atoms with Crippen LogP contribution in [0.15, 0.2) is 0 Å². The summed E-state index contributed by atoms with van der Waals surface area (Å²) in [4.78, 5) is 18.0. The Kier molecular flexibility index (Phi) is 5.70. The molecule has 0 fully saturated rings. The van der Waals surface area contributed by atoms with Gasteiger partial charge in [-0.15, -0.1) is 0 Å². The second-order valence-corrected chi connectivity index (χ2v) is 5.79. The number of hydrogen-bond acceptors (Lipinski definition) is 4. The maximum atomic E-state index is 9.02. The van der Waals surface area contributed by atoms with E-state index in [2.05, 4.69) is 5.32 Å². The maximum Gasteiger partial charge on any atom is 0.329 e. The van der Waals surface area contributed by atoms with Crippen LogP contribution in [0.1, 0.15) is 6.42 Å². The molecule has 0 spiro atoms. The van der Waals surface area contributed by atoms with E-state index < -0.39 is 8.56 Å². The van der Waals surface area contributed by atoms with Crippen LogP contribution in [0.25, 0.3) is 0 Å². The average Bonchev–Trinajstić information content (AvgIpc) is 1.85. The van der Waals surface area contributed by atoms with E-state index in [-0.39, 0.29) is 0 Å². The lowest BCUT2D eigenvalue weighted by atomic mass is 10.5. The minimum Gasteiger partial charge on any atom is -0.411 e. The van der Waals surface area contributed by atoms with E-state index in [9.17, 15) is 0 Å². The molecule has 0 aliphatic rings. The van der Waals surface area contributed by atoms with Gasteiger partial charge in [-0.05, 0) is 25.6 Å². The Hall–Kier alpha value is 0.0569. The van der Waals surface area contributed by atoms with Crippen LogP contribution in [0, 0.1) is 0 Å². The number of rotatable bonds is 6. The first kappa shape index (κ1) is 11.1. The van der Waals surface area contributed by atoms with Gasteiger partial charge < -0.3 is 20.6 Å². The van der Waals surface area contributed by atoms with E-state index in [1.165, 1.54) is 6.55 Å². The van der Waals surface area contributed by atoms with Crippen LogP contribution in [-0.4, -0.2) is 37.8 Å². The molecule has 0 saturated carbocycles. The van der Waals surface area contributed by atoms with Crippen LogP contribution < -0.4 is 11.1 Å². The Morgan fingerprint density at radius 3 is 2.45 bits per heavy atom. The van der Waals surface area contributed by atoms with Gasteiger partial charge in [0.25, 0.3) is 0 Å². The Morgan fingerprint density at radius 2 is 2.00 bits per heavy atom. The normalized spacial score (nSPS) is 12.0.